The van der Waals surface area contributed by atoms with Crippen molar-refractivity contribution in [2.45, 2.75) is 20.8 Å². The van der Waals surface area contributed by atoms with Gasteiger partial charge in [0, 0.05) is 21.9 Å². The van der Waals surface area contributed by atoms with Gasteiger partial charge in [0.2, 0.25) is 0 Å². The molecule has 29 heavy (non-hydrogen) atoms. The quantitative estimate of drug-likeness (QED) is 0.458. The molecule has 0 bridgehead atoms. The Morgan fingerprint density at radius 3 is 2.59 bits per heavy atom. The monoisotopic (exact) mass is 450 g/mol. The van der Waals surface area contributed by atoms with Crippen LogP contribution in [0.1, 0.15) is 22.3 Å². The Labute approximate surface area is 179 Å². The summed E-state index contributed by atoms with van der Waals surface area (Å²) in [6, 6.07) is 19.4. The Kier molecular flexibility index (Phi) is 6.83. The van der Waals surface area contributed by atoms with E-state index in [1.54, 1.807) is 6.21 Å². The molecule has 0 saturated carbocycles. The normalized spacial score (nSPS) is 10.9. The van der Waals surface area contributed by atoms with Gasteiger partial charge in [-0.3, -0.25) is 9.79 Å². The minimum absolute atomic E-state index is 0.0834. The molecule has 3 aromatic carbocycles. The van der Waals surface area contributed by atoms with Crippen LogP contribution in [-0.2, 0) is 4.79 Å². The molecule has 1 amide bonds. The van der Waals surface area contributed by atoms with E-state index in [1.165, 1.54) is 5.56 Å². The molecule has 5 heteroatoms. The molecule has 148 valence electrons. The Bertz CT molecular complexity index is 1060. The van der Waals surface area contributed by atoms with Crippen molar-refractivity contribution >= 4 is 39.4 Å². The number of nitrogens with zero attached hydrogens (tertiary/aromatic N) is 1. The lowest BCUT2D eigenvalue weighted by Crippen LogP contribution is -2.20. The maximum absolute atomic E-state index is 12.3. The summed E-state index contributed by atoms with van der Waals surface area (Å²) in [5.41, 5.74) is 5.85. The molecule has 0 radical (unpaired) electrons. The van der Waals surface area contributed by atoms with Gasteiger partial charge in [0.25, 0.3) is 5.91 Å². The number of hydrogen-bond donors (Lipinski definition) is 1. The molecular formula is C24H23BrN2O2. The smallest absolute Gasteiger partial charge is 0.262 e. The summed E-state index contributed by atoms with van der Waals surface area (Å²) in [7, 11) is 0. The van der Waals surface area contributed by atoms with Crippen LogP contribution < -0.4 is 10.1 Å². The molecule has 0 atom stereocenters. The third-order valence-electron chi connectivity index (χ3n) is 4.33. The van der Waals surface area contributed by atoms with Gasteiger partial charge in [-0.2, -0.15) is 0 Å². The first-order valence-corrected chi connectivity index (χ1v) is 10.1. The van der Waals surface area contributed by atoms with Gasteiger partial charge < -0.3 is 10.1 Å². The van der Waals surface area contributed by atoms with E-state index in [-0.39, 0.29) is 12.5 Å². The van der Waals surface area contributed by atoms with Crippen molar-refractivity contribution in [3.63, 3.8) is 0 Å². The molecule has 3 aromatic rings. The number of aryl methyl sites for hydroxylation is 3. The summed E-state index contributed by atoms with van der Waals surface area (Å²) < 4.78 is 6.68. The summed E-state index contributed by atoms with van der Waals surface area (Å²) in [6.07, 6.45) is 1.76. The number of amides is 1. The highest BCUT2D eigenvalue weighted by Gasteiger charge is 2.08. The molecular weight excluding hydrogens is 428 g/mol. The number of benzene rings is 3. The third-order valence-corrected chi connectivity index (χ3v) is 4.82. The molecule has 0 unspecified atom stereocenters. The molecule has 0 aromatic heterocycles. The van der Waals surface area contributed by atoms with Crippen LogP contribution in [0.25, 0.3) is 0 Å². The van der Waals surface area contributed by atoms with Crippen molar-refractivity contribution in [3.8, 4) is 5.75 Å². The van der Waals surface area contributed by atoms with Crippen LogP contribution >= 0.6 is 15.9 Å². The van der Waals surface area contributed by atoms with Gasteiger partial charge >= 0.3 is 0 Å². The van der Waals surface area contributed by atoms with Gasteiger partial charge in [0.1, 0.15) is 5.75 Å². The topological polar surface area (TPSA) is 50.7 Å². The van der Waals surface area contributed by atoms with Gasteiger partial charge in [0.15, 0.2) is 6.61 Å². The fourth-order valence-corrected chi connectivity index (χ4v) is 3.28. The molecule has 0 spiro atoms. The number of aliphatic imine (C=N–C) groups is 1. The predicted octanol–water partition coefficient (Wildman–Crippen LogP) is 6.14. The summed E-state index contributed by atoms with van der Waals surface area (Å²) in [4.78, 5) is 16.8. The van der Waals surface area contributed by atoms with E-state index in [9.17, 15) is 4.79 Å². The van der Waals surface area contributed by atoms with E-state index in [0.717, 1.165) is 32.5 Å². The molecule has 0 aliphatic carbocycles. The molecule has 0 saturated heterocycles. The number of nitrogens with one attached hydrogen (secondary N) is 1. The van der Waals surface area contributed by atoms with Gasteiger partial charge in [-0.1, -0.05) is 45.8 Å². The van der Waals surface area contributed by atoms with Crippen molar-refractivity contribution < 1.29 is 9.53 Å². The highest BCUT2D eigenvalue weighted by atomic mass is 79.9. The average Bonchev–Trinajstić information content (AvgIpc) is 2.66. The lowest BCUT2D eigenvalue weighted by molar-refractivity contribution is -0.118. The fraction of sp³-hybridized carbons (Fsp3) is 0.167. The van der Waals surface area contributed by atoms with Crippen LogP contribution in [0.5, 0.6) is 5.75 Å². The van der Waals surface area contributed by atoms with E-state index in [4.69, 9.17) is 4.74 Å². The Morgan fingerprint density at radius 1 is 1.03 bits per heavy atom. The van der Waals surface area contributed by atoms with Crippen LogP contribution in [0.15, 0.2) is 70.1 Å². The van der Waals surface area contributed by atoms with E-state index < -0.39 is 0 Å². The first-order valence-electron chi connectivity index (χ1n) is 9.31. The van der Waals surface area contributed by atoms with Crippen LogP contribution in [0, 0.1) is 20.8 Å². The largest absolute Gasteiger partial charge is 0.483 e. The molecule has 4 nitrogen and oxygen atoms in total. The van der Waals surface area contributed by atoms with Crippen molar-refractivity contribution in [3.05, 3.63) is 87.4 Å². The molecule has 1 N–H and O–H groups in total. The van der Waals surface area contributed by atoms with Crippen molar-refractivity contribution in [2.75, 3.05) is 11.9 Å². The van der Waals surface area contributed by atoms with Crippen LogP contribution in [0.2, 0.25) is 0 Å². The molecule has 3 rings (SSSR count). The number of halogens is 1. The van der Waals surface area contributed by atoms with Crippen LogP contribution in [-0.4, -0.2) is 18.7 Å². The second-order valence-electron chi connectivity index (χ2n) is 6.94. The summed E-state index contributed by atoms with van der Waals surface area (Å²) >= 11 is 3.48. The first-order chi connectivity index (χ1) is 13.9. The summed E-state index contributed by atoms with van der Waals surface area (Å²) in [6.45, 7) is 5.99. The van der Waals surface area contributed by atoms with E-state index in [0.29, 0.717) is 5.75 Å². The van der Waals surface area contributed by atoms with Gasteiger partial charge in [-0.05, 0) is 68.3 Å². The fourth-order valence-electron chi connectivity index (χ4n) is 2.90. The lowest BCUT2D eigenvalue weighted by atomic mass is 10.1. The Hall–Kier alpha value is -2.92. The Morgan fingerprint density at radius 2 is 1.83 bits per heavy atom. The second kappa shape index (κ2) is 9.52. The number of carbonyl (C=O) groups excluding carboxylic acids is 1. The van der Waals surface area contributed by atoms with E-state index >= 15 is 0 Å². The standard InChI is InChI=1S/C24H23BrN2O2/c1-16-5-4-6-21(12-16)27-24(28)15-29-23-10-8-20(25)13-19(23)14-26-22-9-7-17(2)11-18(22)3/h4-14H,15H2,1-3H3,(H,27,28). The zero-order valence-electron chi connectivity index (χ0n) is 16.7. The SMILES string of the molecule is Cc1cccc(NC(=O)COc2ccc(Br)cc2C=Nc2ccc(C)cc2C)c1. The van der Waals surface area contributed by atoms with Crippen LogP contribution in [0.4, 0.5) is 11.4 Å². The number of hydrogen-bond acceptors (Lipinski definition) is 3. The minimum atomic E-state index is -0.212. The molecule has 0 aliphatic heterocycles. The van der Waals surface area contributed by atoms with E-state index in [2.05, 4.69) is 39.2 Å². The highest BCUT2D eigenvalue weighted by Crippen LogP contribution is 2.24. The first kappa shape index (κ1) is 20.8. The molecule has 0 fully saturated rings. The number of ether oxygens (including phenoxy) is 1. The maximum Gasteiger partial charge on any atom is 0.262 e. The average molecular weight is 451 g/mol. The highest BCUT2D eigenvalue weighted by molar-refractivity contribution is 9.10. The Balaban J connectivity index is 1.71. The lowest BCUT2D eigenvalue weighted by Gasteiger charge is -2.10. The number of anilines is 1. The van der Waals surface area contributed by atoms with Gasteiger partial charge in [-0.25, -0.2) is 0 Å². The summed E-state index contributed by atoms with van der Waals surface area (Å²) in [5, 5.41) is 2.85. The van der Waals surface area contributed by atoms with Crippen LogP contribution in [0.3, 0.4) is 0 Å². The van der Waals surface area contributed by atoms with Crippen molar-refractivity contribution in [1.29, 1.82) is 0 Å². The molecule has 0 heterocycles. The predicted molar refractivity (Wildman–Crippen MR) is 123 cm³/mol. The number of carbonyl (C=O) groups is 1. The molecule has 0 aliphatic rings. The van der Waals surface area contributed by atoms with Gasteiger partial charge in [-0.15, -0.1) is 0 Å². The summed E-state index contributed by atoms with van der Waals surface area (Å²) in [5.74, 6) is 0.386. The third kappa shape index (κ3) is 6.03. The van der Waals surface area contributed by atoms with Gasteiger partial charge in [0.05, 0.1) is 5.69 Å². The maximum atomic E-state index is 12.3. The zero-order valence-corrected chi connectivity index (χ0v) is 18.3. The van der Waals surface area contributed by atoms with Crippen molar-refractivity contribution in [1.82, 2.24) is 0 Å². The van der Waals surface area contributed by atoms with E-state index in [1.807, 2.05) is 68.4 Å². The second-order valence-corrected chi connectivity index (χ2v) is 7.85. The minimum Gasteiger partial charge on any atom is -0.483 e. The van der Waals surface area contributed by atoms with Crippen molar-refractivity contribution in [2.24, 2.45) is 4.99 Å². The zero-order chi connectivity index (χ0) is 20.8. The number of rotatable bonds is 6.